The Labute approximate surface area is 182 Å². The Morgan fingerprint density at radius 3 is 2.48 bits per heavy atom. The molecule has 0 saturated carbocycles. The Kier molecular flexibility index (Phi) is 7.66. The zero-order valence-electron chi connectivity index (χ0n) is 16.6. The molecule has 2 aromatic rings. The molecule has 1 heterocycles. The molecule has 0 bridgehead atoms. The quantitative estimate of drug-likeness (QED) is 0.648. The zero-order valence-corrected chi connectivity index (χ0v) is 18.2. The zero-order chi connectivity index (χ0) is 23.4. The van der Waals surface area contributed by atoms with Gasteiger partial charge < -0.3 is 10.1 Å². The third kappa shape index (κ3) is 7.21. The number of benzene rings is 1. The molecule has 0 aliphatic heterocycles. The van der Waals surface area contributed by atoms with Crippen molar-refractivity contribution in [1.29, 1.82) is 0 Å². The molecule has 168 valence electrons. The number of carbonyl (C=O) groups is 1. The first-order valence-corrected chi connectivity index (χ1v) is 11.2. The molecule has 0 saturated heterocycles. The van der Waals surface area contributed by atoms with E-state index in [1.54, 1.807) is 24.3 Å². The fourth-order valence-corrected chi connectivity index (χ4v) is 3.22. The number of nitrogens with zero attached hydrogens (tertiary/aromatic N) is 2. The van der Waals surface area contributed by atoms with E-state index >= 15 is 0 Å². The lowest BCUT2D eigenvalue weighted by Gasteiger charge is -2.19. The highest BCUT2D eigenvalue weighted by Gasteiger charge is 2.38. The lowest BCUT2D eigenvalue weighted by Crippen LogP contribution is -2.33. The van der Waals surface area contributed by atoms with Crippen LogP contribution in [0.2, 0.25) is 5.02 Å². The first-order chi connectivity index (χ1) is 14.3. The summed E-state index contributed by atoms with van der Waals surface area (Å²) >= 11 is 6.05. The lowest BCUT2D eigenvalue weighted by atomic mass is 10.1. The van der Waals surface area contributed by atoms with Crippen molar-refractivity contribution in [3.8, 4) is 5.75 Å². The van der Waals surface area contributed by atoms with Crippen LogP contribution in [0, 0.1) is 0 Å². The molecule has 0 spiro atoms. The Bertz CT molecular complexity index is 1090. The summed E-state index contributed by atoms with van der Waals surface area (Å²) in [6.45, 7) is 2.95. The van der Waals surface area contributed by atoms with Crippen LogP contribution in [0.1, 0.15) is 41.8 Å². The number of sulfone groups is 1. The maximum atomic E-state index is 13.5. The van der Waals surface area contributed by atoms with Gasteiger partial charge in [0.1, 0.15) is 6.10 Å². The molecule has 7 nitrogen and oxygen atoms in total. The maximum Gasteiger partial charge on any atom is 0.437 e. The topological polar surface area (TPSA) is 98.2 Å². The van der Waals surface area contributed by atoms with Crippen LogP contribution in [0.3, 0.4) is 0 Å². The van der Waals surface area contributed by atoms with Crippen molar-refractivity contribution < 1.29 is 31.1 Å². The van der Waals surface area contributed by atoms with Crippen molar-refractivity contribution in [3.63, 3.8) is 0 Å². The highest BCUT2D eigenvalue weighted by atomic mass is 35.5. The van der Waals surface area contributed by atoms with Crippen LogP contribution >= 0.6 is 11.6 Å². The second-order valence-electron chi connectivity index (χ2n) is 6.61. The van der Waals surface area contributed by atoms with Gasteiger partial charge in [-0.25, -0.2) is 18.4 Å². The normalized spacial score (nSPS) is 14.3. The minimum atomic E-state index is -4.92. The van der Waals surface area contributed by atoms with E-state index < -0.39 is 51.3 Å². The van der Waals surface area contributed by atoms with E-state index in [2.05, 4.69) is 15.3 Å². The fourth-order valence-electron chi connectivity index (χ4n) is 2.41. The summed E-state index contributed by atoms with van der Waals surface area (Å²) in [7, 11) is -3.43. The van der Waals surface area contributed by atoms with E-state index in [9.17, 15) is 26.4 Å². The van der Waals surface area contributed by atoms with Crippen molar-refractivity contribution in [2.24, 2.45) is 0 Å². The third-order valence-electron chi connectivity index (χ3n) is 3.85. The number of alkyl halides is 3. The maximum absolute atomic E-state index is 13.5. The summed E-state index contributed by atoms with van der Waals surface area (Å²) in [6.07, 6.45) is -2.89. The van der Waals surface area contributed by atoms with Gasteiger partial charge in [-0.15, -0.1) is 0 Å². The first-order valence-electron chi connectivity index (χ1n) is 8.82. The summed E-state index contributed by atoms with van der Waals surface area (Å²) in [5, 5.41) is 3.48. The molecule has 0 fully saturated rings. The van der Waals surface area contributed by atoms with E-state index in [0.29, 0.717) is 10.6 Å². The second-order valence-corrected chi connectivity index (χ2v) is 8.94. The Morgan fingerprint density at radius 1 is 1.26 bits per heavy atom. The predicted octanol–water partition coefficient (Wildman–Crippen LogP) is 3.97. The average molecular weight is 478 g/mol. The molecule has 2 rings (SSSR count). The van der Waals surface area contributed by atoms with E-state index in [1.807, 2.05) is 0 Å². The molecule has 12 heteroatoms. The lowest BCUT2D eigenvalue weighted by molar-refractivity contribution is -0.143. The third-order valence-corrected chi connectivity index (χ3v) is 4.84. The summed E-state index contributed by atoms with van der Waals surface area (Å²) < 4.78 is 68.2. The van der Waals surface area contributed by atoms with E-state index in [0.717, 1.165) is 17.9 Å². The van der Waals surface area contributed by atoms with Gasteiger partial charge in [0.15, 0.2) is 21.3 Å². The number of carbonyl (C=O) groups excluding carboxylic acids is 1. The molecular formula is C19H19ClF3N3O4S. The predicted molar refractivity (Wildman–Crippen MR) is 108 cm³/mol. The molecular weight excluding hydrogens is 459 g/mol. The van der Waals surface area contributed by atoms with E-state index in [4.69, 9.17) is 16.3 Å². The molecule has 1 N–H and O–H groups in total. The first kappa shape index (κ1) is 24.6. The molecule has 2 atom stereocenters. The number of hydrogen-bond acceptors (Lipinski definition) is 6. The van der Waals surface area contributed by atoms with Gasteiger partial charge in [-0.3, -0.25) is 4.79 Å². The molecule has 1 aromatic heterocycles. The number of rotatable bonds is 7. The van der Waals surface area contributed by atoms with Gasteiger partial charge in [-0.05, 0) is 19.9 Å². The highest BCUT2D eigenvalue weighted by Crippen LogP contribution is 2.36. The molecule has 1 aromatic carbocycles. The number of amides is 1. The van der Waals surface area contributed by atoms with Gasteiger partial charge in [0.05, 0.1) is 6.20 Å². The smallest absolute Gasteiger partial charge is 0.437 e. The van der Waals surface area contributed by atoms with Gasteiger partial charge in [-0.2, -0.15) is 13.2 Å². The van der Waals surface area contributed by atoms with Crippen molar-refractivity contribution in [3.05, 3.63) is 64.1 Å². The molecule has 0 aliphatic rings. The van der Waals surface area contributed by atoms with Crippen LogP contribution in [0.15, 0.2) is 41.9 Å². The Balaban J connectivity index is 2.28. The van der Waals surface area contributed by atoms with Gasteiger partial charge in [0.25, 0.3) is 5.91 Å². The van der Waals surface area contributed by atoms with Crippen molar-refractivity contribution in [1.82, 2.24) is 15.3 Å². The largest absolute Gasteiger partial charge is 0.482 e. The summed E-state index contributed by atoms with van der Waals surface area (Å²) in [4.78, 5) is 19.2. The number of halogens is 4. The SMILES string of the molecule is CC(Oc1cnc(C(=O)N[C@H](C)/C=C/S(C)(=O)=O)nc1C(F)(F)F)c1ccccc1Cl. The minimum absolute atomic E-state index is 0.316. The van der Waals surface area contributed by atoms with Crippen molar-refractivity contribution in [2.45, 2.75) is 32.2 Å². The summed E-state index contributed by atoms with van der Waals surface area (Å²) in [6, 6.07) is 5.72. The average Bonchev–Trinajstić information content (AvgIpc) is 2.65. The Hall–Kier alpha value is -2.66. The highest BCUT2D eigenvalue weighted by molar-refractivity contribution is 7.93. The molecule has 31 heavy (non-hydrogen) atoms. The molecule has 0 radical (unpaired) electrons. The van der Waals surface area contributed by atoms with Crippen molar-refractivity contribution in [2.75, 3.05) is 6.26 Å². The van der Waals surface area contributed by atoms with Crippen LogP contribution in [-0.2, 0) is 16.0 Å². The monoisotopic (exact) mass is 477 g/mol. The van der Waals surface area contributed by atoms with Crippen LogP contribution in [0.5, 0.6) is 5.75 Å². The minimum Gasteiger partial charge on any atom is -0.482 e. The number of ether oxygens (including phenoxy) is 1. The summed E-state index contributed by atoms with van der Waals surface area (Å²) in [5.74, 6) is -2.42. The standard InChI is InChI=1S/C19H19ClF3N3O4S/c1-11(8-9-31(3,28)29)25-18(27)17-24-10-15(16(26-17)19(21,22)23)30-12(2)13-6-4-5-7-14(13)20/h4-12H,1-3H3,(H,25,27)/b9-8+/t11-,12?/m1/s1. The van der Waals surface area contributed by atoms with Crippen LogP contribution < -0.4 is 10.1 Å². The number of aromatic nitrogens is 2. The van der Waals surface area contributed by atoms with E-state index in [1.165, 1.54) is 19.9 Å². The second kappa shape index (κ2) is 9.65. The molecule has 1 amide bonds. The van der Waals surface area contributed by atoms with Crippen LogP contribution in [0.25, 0.3) is 0 Å². The van der Waals surface area contributed by atoms with Gasteiger partial charge in [0, 0.05) is 28.3 Å². The van der Waals surface area contributed by atoms with Gasteiger partial charge in [0.2, 0.25) is 5.82 Å². The fraction of sp³-hybridized carbons (Fsp3) is 0.316. The molecule has 0 aliphatic carbocycles. The van der Waals surface area contributed by atoms with E-state index in [-0.39, 0.29) is 0 Å². The van der Waals surface area contributed by atoms with Gasteiger partial charge >= 0.3 is 6.18 Å². The summed E-state index contributed by atoms with van der Waals surface area (Å²) in [5.41, 5.74) is -0.962. The van der Waals surface area contributed by atoms with Gasteiger partial charge in [-0.1, -0.05) is 35.9 Å². The Morgan fingerprint density at radius 2 is 1.90 bits per heavy atom. The molecule has 1 unspecified atom stereocenters. The number of hydrogen-bond donors (Lipinski definition) is 1. The van der Waals surface area contributed by atoms with Crippen molar-refractivity contribution >= 4 is 27.3 Å². The van der Waals surface area contributed by atoms with Crippen LogP contribution in [-0.4, -0.2) is 36.6 Å². The number of nitrogens with one attached hydrogen (secondary N) is 1. The van der Waals surface area contributed by atoms with Crippen LogP contribution in [0.4, 0.5) is 13.2 Å².